The SMILES string of the molecule is CC(C)N(c1ccc(C(=O)CBr)cc1)C(C)C. The molecule has 1 aromatic carbocycles. The Balaban J connectivity index is 2.96. The van der Waals surface area contributed by atoms with Crippen molar-refractivity contribution >= 4 is 27.4 Å². The summed E-state index contributed by atoms with van der Waals surface area (Å²) in [5, 5.41) is 0.379. The van der Waals surface area contributed by atoms with E-state index in [0.29, 0.717) is 17.4 Å². The number of hydrogen-bond donors (Lipinski definition) is 0. The van der Waals surface area contributed by atoms with E-state index in [1.54, 1.807) is 0 Å². The average molecular weight is 298 g/mol. The van der Waals surface area contributed by atoms with Crippen LogP contribution in [-0.4, -0.2) is 23.2 Å². The molecule has 0 heterocycles. The van der Waals surface area contributed by atoms with E-state index in [1.165, 1.54) is 5.69 Å². The highest BCUT2D eigenvalue weighted by molar-refractivity contribution is 9.09. The number of hydrogen-bond acceptors (Lipinski definition) is 2. The molecule has 3 heteroatoms. The van der Waals surface area contributed by atoms with Crippen molar-refractivity contribution in [3.63, 3.8) is 0 Å². The van der Waals surface area contributed by atoms with Crippen molar-refractivity contribution in [2.45, 2.75) is 39.8 Å². The van der Waals surface area contributed by atoms with Crippen molar-refractivity contribution in [2.75, 3.05) is 10.2 Å². The zero-order chi connectivity index (χ0) is 13.0. The normalized spacial score (nSPS) is 11.0. The molecule has 0 aromatic heterocycles. The number of Topliss-reactive ketones (excluding diaryl/α,β-unsaturated/α-hetero) is 1. The van der Waals surface area contributed by atoms with Gasteiger partial charge in [-0.15, -0.1) is 0 Å². The van der Waals surface area contributed by atoms with Gasteiger partial charge in [0, 0.05) is 23.3 Å². The Labute approximate surface area is 112 Å². The molecule has 0 aliphatic rings. The van der Waals surface area contributed by atoms with Crippen molar-refractivity contribution in [2.24, 2.45) is 0 Å². The lowest BCUT2D eigenvalue weighted by Crippen LogP contribution is -2.36. The number of carbonyl (C=O) groups is 1. The molecule has 0 N–H and O–H groups in total. The van der Waals surface area contributed by atoms with Crippen LogP contribution in [0.2, 0.25) is 0 Å². The second-order valence-corrected chi connectivity index (χ2v) is 5.26. The Hall–Kier alpha value is -0.830. The number of anilines is 1. The molecule has 0 unspecified atom stereocenters. The minimum atomic E-state index is 0.122. The van der Waals surface area contributed by atoms with E-state index in [2.05, 4.69) is 48.5 Å². The van der Waals surface area contributed by atoms with Gasteiger partial charge < -0.3 is 4.90 Å². The van der Waals surface area contributed by atoms with Crippen molar-refractivity contribution in [3.05, 3.63) is 29.8 Å². The Kier molecular flexibility index (Phi) is 5.19. The average Bonchev–Trinajstić information content (AvgIpc) is 2.28. The van der Waals surface area contributed by atoms with Gasteiger partial charge in [0.1, 0.15) is 0 Å². The van der Waals surface area contributed by atoms with Gasteiger partial charge in [-0.25, -0.2) is 0 Å². The second kappa shape index (κ2) is 6.20. The molecule has 0 saturated heterocycles. The number of alkyl halides is 1. The summed E-state index contributed by atoms with van der Waals surface area (Å²) in [7, 11) is 0. The number of halogens is 1. The van der Waals surface area contributed by atoms with Crippen LogP contribution in [-0.2, 0) is 0 Å². The number of ketones is 1. The molecule has 0 amide bonds. The summed E-state index contributed by atoms with van der Waals surface area (Å²) in [4.78, 5) is 13.8. The number of benzene rings is 1. The lowest BCUT2D eigenvalue weighted by molar-refractivity contribution is 0.102. The summed E-state index contributed by atoms with van der Waals surface area (Å²) in [6.45, 7) is 8.71. The third-order valence-electron chi connectivity index (χ3n) is 2.72. The van der Waals surface area contributed by atoms with Gasteiger partial charge >= 0.3 is 0 Å². The highest BCUT2D eigenvalue weighted by atomic mass is 79.9. The third-order valence-corrected chi connectivity index (χ3v) is 3.23. The van der Waals surface area contributed by atoms with E-state index in [1.807, 2.05) is 24.3 Å². The van der Waals surface area contributed by atoms with Crippen LogP contribution in [0.15, 0.2) is 24.3 Å². The van der Waals surface area contributed by atoms with Crippen LogP contribution in [0.5, 0.6) is 0 Å². The van der Waals surface area contributed by atoms with E-state index < -0.39 is 0 Å². The smallest absolute Gasteiger partial charge is 0.173 e. The van der Waals surface area contributed by atoms with Gasteiger partial charge in [-0.3, -0.25) is 4.79 Å². The fourth-order valence-electron chi connectivity index (χ4n) is 2.09. The van der Waals surface area contributed by atoms with Crippen molar-refractivity contribution in [1.29, 1.82) is 0 Å². The summed E-state index contributed by atoms with van der Waals surface area (Å²) in [6.07, 6.45) is 0. The second-order valence-electron chi connectivity index (χ2n) is 4.70. The monoisotopic (exact) mass is 297 g/mol. The Morgan fingerprint density at radius 2 is 1.59 bits per heavy atom. The summed E-state index contributed by atoms with van der Waals surface area (Å²) >= 11 is 3.19. The maximum atomic E-state index is 11.5. The first-order valence-electron chi connectivity index (χ1n) is 5.95. The maximum Gasteiger partial charge on any atom is 0.173 e. The van der Waals surface area contributed by atoms with Gasteiger partial charge in [-0.2, -0.15) is 0 Å². The predicted octanol–water partition coefficient (Wildman–Crippen LogP) is 3.89. The molecule has 0 spiro atoms. The lowest BCUT2D eigenvalue weighted by Gasteiger charge is -2.33. The third kappa shape index (κ3) is 3.56. The highest BCUT2D eigenvalue weighted by Crippen LogP contribution is 2.21. The van der Waals surface area contributed by atoms with E-state index in [0.717, 1.165) is 5.56 Å². The molecule has 0 fully saturated rings. The molecule has 0 atom stereocenters. The number of rotatable bonds is 5. The van der Waals surface area contributed by atoms with Crippen LogP contribution >= 0.6 is 15.9 Å². The van der Waals surface area contributed by atoms with Crippen LogP contribution < -0.4 is 4.90 Å². The molecule has 0 bridgehead atoms. The van der Waals surface area contributed by atoms with Crippen LogP contribution in [0.1, 0.15) is 38.1 Å². The highest BCUT2D eigenvalue weighted by Gasteiger charge is 2.14. The Morgan fingerprint density at radius 1 is 1.12 bits per heavy atom. The zero-order valence-electron chi connectivity index (χ0n) is 10.9. The summed E-state index contributed by atoms with van der Waals surface area (Å²) in [5.41, 5.74) is 1.93. The summed E-state index contributed by atoms with van der Waals surface area (Å²) < 4.78 is 0. The minimum absolute atomic E-state index is 0.122. The van der Waals surface area contributed by atoms with E-state index in [-0.39, 0.29) is 5.78 Å². The Morgan fingerprint density at radius 3 is 1.94 bits per heavy atom. The molecule has 0 radical (unpaired) electrons. The summed E-state index contributed by atoms with van der Waals surface area (Å²) in [6, 6.07) is 8.75. The molecular weight excluding hydrogens is 278 g/mol. The number of carbonyl (C=O) groups excluding carboxylic acids is 1. The van der Waals surface area contributed by atoms with Gasteiger partial charge in [0.2, 0.25) is 0 Å². The first-order chi connectivity index (χ1) is 7.97. The minimum Gasteiger partial charge on any atom is -0.367 e. The van der Waals surface area contributed by atoms with Gasteiger partial charge in [-0.05, 0) is 52.0 Å². The molecular formula is C14H20BrNO. The van der Waals surface area contributed by atoms with Gasteiger partial charge in [0.15, 0.2) is 5.78 Å². The molecule has 1 aromatic rings. The van der Waals surface area contributed by atoms with Gasteiger partial charge in [-0.1, -0.05) is 15.9 Å². The maximum absolute atomic E-state index is 11.5. The van der Waals surface area contributed by atoms with Crippen molar-refractivity contribution in [3.8, 4) is 0 Å². The lowest BCUT2D eigenvalue weighted by atomic mass is 10.1. The zero-order valence-corrected chi connectivity index (χ0v) is 12.5. The molecule has 1 rings (SSSR count). The van der Waals surface area contributed by atoms with Crippen molar-refractivity contribution in [1.82, 2.24) is 0 Å². The van der Waals surface area contributed by atoms with Crippen LogP contribution in [0.3, 0.4) is 0 Å². The molecule has 0 aliphatic heterocycles. The summed E-state index contributed by atoms with van der Waals surface area (Å²) in [5.74, 6) is 0.122. The molecule has 94 valence electrons. The molecule has 17 heavy (non-hydrogen) atoms. The van der Waals surface area contributed by atoms with E-state index in [9.17, 15) is 4.79 Å². The fourth-order valence-corrected chi connectivity index (χ4v) is 2.41. The first-order valence-corrected chi connectivity index (χ1v) is 7.07. The molecule has 2 nitrogen and oxygen atoms in total. The van der Waals surface area contributed by atoms with E-state index >= 15 is 0 Å². The van der Waals surface area contributed by atoms with Crippen LogP contribution in [0.4, 0.5) is 5.69 Å². The quantitative estimate of drug-likeness (QED) is 0.607. The largest absolute Gasteiger partial charge is 0.367 e. The fraction of sp³-hybridized carbons (Fsp3) is 0.500. The van der Waals surface area contributed by atoms with Gasteiger partial charge in [0.25, 0.3) is 0 Å². The topological polar surface area (TPSA) is 20.3 Å². The molecule has 0 saturated carbocycles. The van der Waals surface area contributed by atoms with E-state index in [4.69, 9.17) is 0 Å². The first kappa shape index (κ1) is 14.2. The standard InChI is InChI=1S/C14H20BrNO/c1-10(2)16(11(3)4)13-7-5-12(6-8-13)14(17)9-15/h5-8,10-11H,9H2,1-4H3. The van der Waals surface area contributed by atoms with Crippen LogP contribution in [0, 0.1) is 0 Å². The van der Waals surface area contributed by atoms with Gasteiger partial charge in [0.05, 0.1) is 5.33 Å². The predicted molar refractivity (Wildman–Crippen MR) is 77.3 cm³/mol. The molecule has 0 aliphatic carbocycles. The number of nitrogens with zero attached hydrogens (tertiary/aromatic N) is 1. The van der Waals surface area contributed by atoms with Crippen LogP contribution in [0.25, 0.3) is 0 Å². The Bertz CT molecular complexity index is 362. The van der Waals surface area contributed by atoms with Crippen molar-refractivity contribution < 1.29 is 4.79 Å².